The van der Waals surface area contributed by atoms with E-state index >= 15 is 0 Å². The number of benzene rings is 1. The molecule has 0 aliphatic heterocycles. The second kappa shape index (κ2) is 8.07. The molecule has 0 atom stereocenters. The van der Waals surface area contributed by atoms with Gasteiger partial charge in [-0.25, -0.2) is 0 Å². The van der Waals surface area contributed by atoms with Gasteiger partial charge in [0.05, 0.1) is 0 Å². The predicted octanol–water partition coefficient (Wildman–Crippen LogP) is 2.54. The Balaban J connectivity index is 2.07. The average molecular weight is 319 g/mol. The number of unbranched alkanes of at least 4 members (excludes halogenated alkanes) is 2. The molecule has 2 N–H and O–H groups in total. The molecule has 0 aliphatic rings. The molecule has 15 heavy (non-hydrogen) atoms. The summed E-state index contributed by atoms with van der Waals surface area (Å²) in [6, 6.07) is 8.57. The van der Waals surface area contributed by atoms with Gasteiger partial charge in [-0.1, -0.05) is 12.1 Å². The van der Waals surface area contributed by atoms with Crippen molar-refractivity contribution < 1.29 is 5.11 Å². The summed E-state index contributed by atoms with van der Waals surface area (Å²) in [7, 11) is 0. The van der Waals surface area contributed by atoms with Crippen molar-refractivity contribution in [1.82, 2.24) is 5.32 Å². The van der Waals surface area contributed by atoms with E-state index in [0.29, 0.717) is 6.61 Å². The van der Waals surface area contributed by atoms with Crippen LogP contribution in [-0.4, -0.2) is 18.3 Å². The number of halogens is 1. The molecule has 0 spiro atoms. The third-order valence-electron chi connectivity index (χ3n) is 2.25. The van der Waals surface area contributed by atoms with Gasteiger partial charge in [-0.05, 0) is 66.1 Å². The Morgan fingerprint density at radius 1 is 1.07 bits per heavy atom. The number of nitrogens with one attached hydrogen (secondary N) is 1. The minimum atomic E-state index is 0.317. The van der Waals surface area contributed by atoms with E-state index in [1.807, 2.05) is 0 Å². The van der Waals surface area contributed by atoms with Gasteiger partial charge in [0.2, 0.25) is 0 Å². The van der Waals surface area contributed by atoms with Crippen LogP contribution >= 0.6 is 22.6 Å². The monoisotopic (exact) mass is 319 g/mol. The van der Waals surface area contributed by atoms with E-state index in [-0.39, 0.29) is 0 Å². The van der Waals surface area contributed by atoms with E-state index in [1.165, 1.54) is 9.13 Å². The minimum Gasteiger partial charge on any atom is -0.396 e. The third-order valence-corrected chi connectivity index (χ3v) is 2.97. The Morgan fingerprint density at radius 2 is 1.80 bits per heavy atom. The zero-order valence-electron chi connectivity index (χ0n) is 8.88. The van der Waals surface area contributed by atoms with E-state index < -0.39 is 0 Å². The SMILES string of the molecule is OCCCCCNCc1ccc(I)cc1. The molecule has 0 bridgehead atoms. The van der Waals surface area contributed by atoms with Crippen LogP contribution in [0.2, 0.25) is 0 Å². The highest BCUT2D eigenvalue weighted by atomic mass is 127. The second-order valence-corrected chi connectivity index (χ2v) is 4.83. The van der Waals surface area contributed by atoms with Gasteiger partial charge in [-0.3, -0.25) is 0 Å². The number of rotatable bonds is 7. The molecule has 0 heterocycles. The van der Waals surface area contributed by atoms with Crippen molar-refractivity contribution in [2.45, 2.75) is 25.8 Å². The van der Waals surface area contributed by atoms with Gasteiger partial charge in [0.25, 0.3) is 0 Å². The van der Waals surface area contributed by atoms with Crippen molar-refractivity contribution in [2.24, 2.45) is 0 Å². The van der Waals surface area contributed by atoms with Gasteiger partial charge in [0.15, 0.2) is 0 Å². The molecule has 0 fully saturated rings. The maximum absolute atomic E-state index is 8.61. The highest BCUT2D eigenvalue weighted by Crippen LogP contribution is 2.06. The molecule has 0 saturated carbocycles. The van der Waals surface area contributed by atoms with Crippen LogP contribution in [0, 0.1) is 3.57 Å². The first-order valence-corrected chi connectivity index (χ1v) is 6.47. The standard InChI is InChI=1S/C12H18INO/c13-12-6-4-11(5-7-12)10-14-8-2-1-3-9-15/h4-7,14-15H,1-3,8-10H2. The highest BCUT2D eigenvalue weighted by molar-refractivity contribution is 14.1. The van der Waals surface area contributed by atoms with Crippen LogP contribution in [-0.2, 0) is 6.54 Å². The van der Waals surface area contributed by atoms with E-state index in [0.717, 1.165) is 32.4 Å². The Bertz CT molecular complexity index is 261. The molecule has 0 aromatic heterocycles. The van der Waals surface area contributed by atoms with E-state index in [2.05, 4.69) is 52.2 Å². The Hall–Kier alpha value is -0.130. The van der Waals surface area contributed by atoms with Crippen LogP contribution in [0.15, 0.2) is 24.3 Å². The zero-order valence-corrected chi connectivity index (χ0v) is 11.0. The second-order valence-electron chi connectivity index (χ2n) is 3.59. The molecule has 84 valence electrons. The first kappa shape index (κ1) is 12.9. The van der Waals surface area contributed by atoms with E-state index in [9.17, 15) is 0 Å². The molecule has 0 unspecified atom stereocenters. The lowest BCUT2D eigenvalue weighted by molar-refractivity contribution is 0.283. The fourth-order valence-corrected chi connectivity index (χ4v) is 1.73. The number of hydrogen-bond donors (Lipinski definition) is 2. The molecule has 1 aromatic rings. The van der Waals surface area contributed by atoms with Crippen molar-refractivity contribution in [2.75, 3.05) is 13.2 Å². The number of hydrogen-bond acceptors (Lipinski definition) is 2. The summed E-state index contributed by atoms with van der Waals surface area (Å²) < 4.78 is 1.28. The molecule has 2 nitrogen and oxygen atoms in total. The molecule has 0 saturated heterocycles. The smallest absolute Gasteiger partial charge is 0.0431 e. The highest BCUT2D eigenvalue weighted by Gasteiger charge is 1.92. The summed E-state index contributed by atoms with van der Waals surface area (Å²) in [5.74, 6) is 0. The molecule has 1 aromatic carbocycles. The summed E-state index contributed by atoms with van der Waals surface area (Å²) in [5, 5.41) is 12.0. The van der Waals surface area contributed by atoms with Crippen molar-refractivity contribution in [3.63, 3.8) is 0 Å². The molecule has 0 amide bonds. The van der Waals surface area contributed by atoms with Gasteiger partial charge in [0.1, 0.15) is 0 Å². The molecule has 0 radical (unpaired) electrons. The predicted molar refractivity (Wildman–Crippen MR) is 71.8 cm³/mol. The van der Waals surface area contributed by atoms with Crippen LogP contribution < -0.4 is 5.32 Å². The van der Waals surface area contributed by atoms with Crippen molar-refractivity contribution in [3.05, 3.63) is 33.4 Å². The summed E-state index contributed by atoms with van der Waals surface area (Å²) >= 11 is 2.31. The molecule has 1 rings (SSSR count). The summed E-state index contributed by atoms with van der Waals surface area (Å²) in [5.41, 5.74) is 1.33. The third kappa shape index (κ3) is 6.12. The van der Waals surface area contributed by atoms with E-state index in [1.54, 1.807) is 0 Å². The van der Waals surface area contributed by atoms with Crippen LogP contribution in [0.4, 0.5) is 0 Å². The van der Waals surface area contributed by atoms with Crippen molar-refractivity contribution in [3.8, 4) is 0 Å². The van der Waals surface area contributed by atoms with Crippen molar-refractivity contribution >= 4 is 22.6 Å². The largest absolute Gasteiger partial charge is 0.396 e. The van der Waals surface area contributed by atoms with Gasteiger partial charge in [-0.2, -0.15) is 0 Å². The topological polar surface area (TPSA) is 32.3 Å². The summed E-state index contributed by atoms with van der Waals surface area (Å²) in [6.45, 7) is 2.29. The lowest BCUT2D eigenvalue weighted by atomic mass is 10.2. The normalized spacial score (nSPS) is 10.5. The molecular formula is C12H18INO. The first-order valence-electron chi connectivity index (χ1n) is 5.39. The number of aliphatic hydroxyl groups is 1. The quantitative estimate of drug-likeness (QED) is 0.598. The van der Waals surface area contributed by atoms with Gasteiger partial charge >= 0.3 is 0 Å². The van der Waals surface area contributed by atoms with Crippen LogP contribution in [0.25, 0.3) is 0 Å². The van der Waals surface area contributed by atoms with Crippen LogP contribution in [0.5, 0.6) is 0 Å². The molecule has 3 heteroatoms. The molecule has 0 aliphatic carbocycles. The Kier molecular flexibility index (Phi) is 6.96. The maximum atomic E-state index is 8.61. The zero-order chi connectivity index (χ0) is 10.9. The summed E-state index contributed by atoms with van der Waals surface area (Å²) in [6.07, 6.45) is 3.17. The summed E-state index contributed by atoms with van der Waals surface area (Å²) in [4.78, 5) is 0. The van der Waals surface area contributed by atoms with Crippen molar-refractivity contribution in [1.29, 1.82) is 0 Å². The number of aliphatic hydroxyl groups excluding tert-OH is 1. The fraction of sp³-hybridized carbons (Fsp3) is 0.500. The molecular weight excluding hydrogens is 301 g/mol. The lowest BCUT2D eigenvalue weighted by Gasteiger charge is -2.04. The van der Waals surface area contributed by atoms with Gasteiger partial charge in [-0.15, -0.1) is 0 Å². The first-order chi connectivity index (χ1) is 7.33. The lowest BCUT2D eigenvalue weighted by Crippen LogP contribution is -2.14. The Morgan fingerprint density at radius 3 is 2.47 bits per heavy atom. The van der Waals surface area contributed by atoms with Gasteiger partial charge < -0.3 is 10.4 Å². The minimum absolute atomic E-state index is 0.317. The Labute approximate surface area is 105 Å². The van der Waals surface area contributed by atoms with Crippen LogP contribution in [0.3, 0.4) is 0 Å². The maximum Gasteiger partial charge on any atom is 0.0431 e. The average Bonchev–Trinajstić information content (AvgIpc) is 2.26. The van der Waals surface area contributed by atoms with Crippen LogP contribution in [0.1, 0.15) is 24.8 Å². The fourth-order valence-electron chi connectivity index (χ4n) is 1.37. The van der Waals surface area contributed by atoms with Gasteiger partial charge in [0, 0.05) is 16.7 Å². The van der Waals surface area contributed by atoms with E-state index in [4.69, 9.17) is 5.11 Å².